The first-order valence-electron chi connectivity index (χ1n) is 7.66. The number of fused-ring (bicyclic) bond motifs is 1. The largest absolute Gasteiger partial charge is 0.275 e. The summed E-state index contributed by atoms with van der Waals surface area (Å²) in [5.74, 6) is 0. The maximum absolute atomic E-state index is 12.4. The second-order valence-electron chi connectivity index (χ2n) is 5.46. The van der Waals surface area contributed by atoms with E-state index >= 15 is 0 Å². The van der Waals surface area contributed by atoms with Gasteiger partial charge in [0.25, 0.3) is 5.56 Å². The first-order chi connectivity index (χ1) is 11.2. The molecule has 0 aliphatic rings. The molecule has 1 aromatic heterocycles. The van der Waals surface area contributed by atoms with E-state index in [0.717, 1.165) is 23.1 Å². The molecule has 0 radical (unpaired) electrons. The third-order valence-electron chi connectivity index (χ3n) is 3.97. The number of nitrogens with zero attached hydrogens (tertiary/aromatic N) is 3. The Kier molecular flexibility index (Phi) is 4.20. The summed E-state index contributed by atoms with van der Waals surface area (Å²) >= 11 is 0. The average molecular weight is 303 g/mol. The standard InChI is InChI=1S/C19H17N3O/c1-2-14-7-9-15(10-8-14)13-18-16-5-3-4-6-17(16)19(23)22(21-18)12-11-20/h3-10H,2,12-13H2,1H3. The first kappa shape index (κ1) is 15.0. The second kappa shape index (κ2) is 6.45. The van der Waals surface area contributed by atoms with Crippen molar-refractivity contribution < 1.29 is 0 Å². The smallest absolute Gasteiger partial charge is 0.267 e. The van der Waals surface area contributed by atoms with Gasteiger partial charge in [0, 0.05) is 11.8 Å². The minimum Gasteiger partial charge on any atom is -0.267 e. The fourth-order valence-electron chi connectivity index (χ4n) is 2.70. The van der Waals surface area contributed by atoms with E-state index in [0.29, 0.717) is 11.8 Å². The molecule has 2 aromatic carbocycles. The first-order valence-corrected chi connectivity index (χ1v) is 7.66. The molecule has 0 bridgehead atoms. The van der Waals surface area contributed by atoms with Crippen LogP contribution in [0.5, 0.6) is 0 Å². The number of benzene rings is 2. The molecule has 0 spiro atoms. The molecule has 23 heavy (non-hydrogen) atoms. The second-order valence-corrected chi connectivity index (χ2v) is 5.46. The van der Waals surface area contributed by atoms with Gasteiger partial charge in [-0.05, 0) is 23.6 Å². The molecule has 114 valence electrons. The van der Waals surface area contributed by atoms with E-state index in [1.54, 1.807) is 6.07 Å². The molecule has 0 saturated carbocycles. The van der Waals surface area contributed by atoms with Crippen LogP contribution in [-0.2, 0) is 19.4 Å². The van der Waals surface area contributed by atoms with Crippen LogP contribution in [-0.4, -0.2) is 9.78 Å². The summed E-state index contributed by atoms with van der Waals surface area (Å²) in [5.41, 5.74) is 3.04. The zero-order valence-corrected chi connectivity index (χ0v) is 13.0. The summed E-state index contributed by atoms with van der Waals surface area (Å²) in [6, 6.07) is 17.8. The summed E-state index contributed by atoms with van der Waals surface area (Å²) in [4.78, 5) is 12.4. The van der Waals surface area contributed by atoms with Crippen LogP contribution in [0.2, 0.25) is 0 Å². The Morgan fingerprint density at radius 1 is 1.04 bits per heavy atom. The summed E-state index contributed by atoms with van der Waals surface area (Å²) in [5, 5.41) is 14.8. The Morgan fingerprint density at radius 3 is 2.35 bits per heavy atom. The highest BCUT2D eigenvalue weighted by atomic mass is 16.1. The quantitative estimate of drug-likeness (QED) is 0.744. The SMILES string of the molecule is CCc1ccc(Cc2nn(CC#N)c(=O)c3ccccc23)cc1. The molecule has 4 heteroatoms. The van der Waals surface area contributed by atoms with Gasteiger partial charge in [-0.25, -0.2) is 4.68 Å². The lowest BCUT2D eigenvalue weighted by molar-refractivity contribution is 0.651. The van der Waals surface area contributed by atoms with Crippen molar-refractivity contribution in [3.63, 3.8) is 0 Å². The maximum atomic E-state index is 12.4. The molecule has 0 aliphatic heterocycles. The van der Waals surface area contributed by atoms with Gasteiger partial charge < -0.3 is 0 Å². The van der Waals surface area contributed by atoms with Gasteiger partial charge in [-0.2, -0.15) is 10.4 Å². The Morgan fingerprint density at radius 2 is 1.70 bits per heavy atom. The van der Waals surface area contributed by atoms with Crippen molar-refractivity contribution in [2.24, 2.45) is 0 Å². The molecular weight excluding hydrogens is 286 g/mol. The highest BCUT2D eigenvalue weighted by Gasteiger charge is 2.10. The summed E-state index contributed by atoms with van der Waals surface area (Å²) in [6.07, 6.45) is 1.64. The lowest BCUT2D eigenvalue weighted by Gasteiger charge is -2.09. The summed E-state index contributed by atoms with van der Waals surface area (Å²) in [6.45, 7) is 2.09. The molecule has 0 N–H and O–H groups in total. The van der Waals surface area contributed by atoms with Crippen molar-refractivity contribution in [3.8, 4) is 6.07 Å². The van der Waals surface area contributed by atoms with Gasteiger partial charge in [-0.3, -0.25) is 4.79 Å². The van der Waals surface area contributed by atoms with Crippen LogP contribution in [0.3, 0.4) is 0 Å². The zero-order chi connectivity index (χ0) is 16.2. The number of hydrogen-bond donors (Lipinski definition) is 0. The fourth-order valence-corrected chi connectivity index (χ4v) is 2.70. The van der Waals surface area contributed by atoms with Crippen LogP contribution >= 0.6 is 0 Å². The van der Waals surface area contributed by atoms with Crippen LogP contribution in [0.4, 0.5) is 0 Å². The molecule has 3 rings (SSSR count). The van der Waals surface area contributed by atoms with E-state index in [1.807, 2.05) is 24.3 Å². The van der Waals surface area contributed by atoms with E-state index in [4.69, 9.17) is 5.26 Å². The van der Waals surface area contributed by atoms with Crippen LogP contribution < -0.4 is 5.56 Å². The van der Waals surface area contributed by atoms with Gasteiger partial charge in [0.1, 0.15) is 6.54 Å². The molecule has 1 heterocycles. The Hall–Kier alpha value is -2.93. The van der Waals surface area contributed by atoms with Gasteiger partial charge >= 0.3 is 0 Å². The zero-order valence-electron chi connectivity index (χ0n) is 13.0. The lowest BCUT2D eigenvalue weighted by Crippen LogP contribution is -2.24. The van der Waals surface area contributed by atoms with Gasteiger partial charge in [0.15, 0.2) is 0 Å². The van der Waals surface area contributed by atoms with Gasteiger partial charge in [-0.1, -0.05) is 49.4 Å². The van der Waals surface area contributed by atoms with Crippen molar-refractivity contribution in [1.29, 1.82) is 5.26 Å². The molecule has 3 aromatic rings. The lowest BCUT2D eigenvalue weighted by atomic mass is 10.0. The van der Waals surface area contributed by atoms with E-state index in [-0.39, 0.29) is 12.1 Å². The number of aryl methyl sites for hydroxylation is 1. The molecule has 0 atom stereocenters. The number of nitriles is 1. The molecule has 0 fully saturated rings. The third-order valence-corrected chi connectivity index (χ3v) is 3.97. The van der Waals surface area contributed by atoms with Gasteiger partial charge in [-0.15, -0.1) is 0 Å². The van der Waals surface area contributed by atoms with Crippen LogP contribution in [0.15, 0.2) is 53.3 Å². The Labute approximate surface area is 134 Å². The van der Waals surface area contributed by atoms with Crippen molar-refractivity contribution in [3.05, 3.63) is 75.7 Å². The van der Waals surface area contributed by atoms with Gasteiger partial charge in [0.2, 0.25) is 0 Å². The summed E-state index contributed by atoms with van der Waals surface area (Å²) in [7, 11) is 0. The van der Waals surface area contributed by atoms with Crippen molar-refractivity contribution in [2.45, 2.75) is 26.3 Å². The van der Waals surface area contributed by atoms with Crippen molar-refractivity contribution in [2.75, 3.05) is 0 Å². The highest BCUT2D eigenvalue weighted by molar-refractivity contribution is 5.83. The van der Waals surface area contributed by atoms with Crippen molar-refractivity contribution >= 4 is 10.8 Å². The third kappa shape index (κ3) is 3.00. The Bertz CT molecular complexity index is 933. The molecule has 4 nitrogen and oxygen atoms in total. The predicted molar refractivity (Wildman–Crippen MR) is 90.2 cm³/mol. The number of aromatic nitrogens is 2. The predicted octanol–water partition coefficient (Wildman–Crippen LogP) is 3.07. The molecule has 0 amide bonds. The summed E-state index contributed by atoms with van der Waals surface area (Å²) < 4.78 is 1.25. The van der Waals surface area contributed by atoms with Crippen LogP contribution in [0.25, 0.3) is 10.8 Å². The molecular formula is C19H17N3O. The molecule has 0 unspecified atom stereocenters. The van der Waals surface area contributed by atoms with Crippen LogP contribution in [0.1, 0.15) is 23.7 Å². The maximum Gasteiger partial charge on any atom is 0.275 e. The number of hydrogen-bond acceptors (Lipinski definition) is 3. The minimum atomic E-state index is -0.216. The minimum absolute atomic E-state index is 0.0363. The van der Waals surface area contributed by atoms with Crippen molar-refractivity contribution in [1.82, 2.24) is 9.78 Å². The molecule has 0 saturated heterocycles. The molecule has 0 aliphatic carbocycles. The fraction of sp³-hybridized carbons (Fsp3) is 0.211. The highest BCUT2D eigenvalue weighted by Crippen LogP contribution is 2.17. The topological polar surface area (TPSA) is 58.7 Å². The van der Waals surface area contributed by atoms with Gasteiger partial charge in [0.05, 0.1) is 17.1 Å². The van der Waals surface area contributed by atoms with Crippen LogP contribution in [0, 0.1) is 11.3 Å². The van der Waals surface area contributed by atoms with E-state index in [2.05, 4.69) is 36.3 Å². The van der Waals surface area contributed by atoms with E-state index in [1.165, 1.54) is 10.2 Å². The normalized spacial score (nSPS) is 10.6. The van der Waals surface area contributed by atoms with E-state index < -0.39 is 0 Å². The Balaban J connectivity index is 2.10. The average Bonchev–Trinajstić information content (AvgIpc) is 2.60. The van der Waals surface area contributed by atoms with E-state index in [9.17, 15) is 4.79 Å². The number of rotatable bonds is 4. The monoisotopic (exact) mass is 303 g/mol.